The van der Waals surface area contributed by atoms with Crippen molar-refractivity contribution in [3.8, 4) is 6.07 Å². The molecule has 1 aliphatic rings. The number of piperidine rings is 1. The van der Waals surface area contributed by atoms with Gasteiger partial charge in [-0.2, -0.15) is 5.26 Å². The Bertz CT molecular complexity index is 1940. The maximum absolute atomic E-state index is 13.8. The van der Waals surface area contributed by atoms with Crippen LogP contribution in [0.1, 0.15) is 29.5 Å². The van der Waals surface area contributed by atoms with Gasteiger partial charge in [0.25, 0.3) is 0 Å². The van der Waals surface area contributed by atoms with Crippen molar-refractivity contribution in [2.45, 2.75) is 25.8 Å². The zero-order valence-electron chi connectivity index (χ0n) is 22.1. The van der Waals surface area contributed by atoms with Gasteiger partial charge in [0.2, 0.25) is 11.4 Å². The Hall–Kier alpha value is -4.96. The van der Waals surface area contributed by atoms with E-state index in [-0.39, 0.29) is 16.5 Å². The minimum Gasteiger partial charge on any atom is -0.341 e. The number of nitrogens with zero attached hydrogens (tertiary/aromatic N) is 6. The first-order valence-electron chi connectivity index (χ1n) is 13.8. The molecule has 3 aromatic carbocycles. The first-order chi connectivity index (χ1) is 19.7. The predicted molar refractivity (Wildman–Crippen MR) is 158 cm³/mol. The second kappa shape index (κ2) is 9.97. The lowest BCUT2D eigenvalue weighted by molar-refractivity contribution is 0.401. The number of nitriles is 1. The highest BCUT2D eigenvalue weighted by Gasteiger charge is 2.25. The number of imidazole rings is 1. The molecule has 1 fully saturated rings. The molecule has 0 spiro atoms. The summed E-state index contributed by atoms with van der Waals surface area (Å²) in [6.45, 7) is 2.22. The van der Waals surface area contributed by atoms with Crippen LogP contribution >= 0.6 is 0 Å². The highest BCUT2D eigenvalue weighted by Crippen LogP contribution is 2.29. The largest absolute Gasteiger partial charge is 0.341 e. The van der Waals surface area contributed by atoms with E-state index in [0.717, 1.165) is 48.9 Å². The van der Waals surface area contributed by atoms with Crippen LogP contribution in [0.15, 0.2) is 95.9 Å². The van der Waals surface area contributed by atoms with Gasteiger partial charge in [-0.15, -0.1) is 0 Å². The third-order valence-corrected chi connectivity index (χ3v) is 8.10. The number of hydrogen-bond donors (Lipinski definition) is 0. The summed E-state index contributed by atoms with van der Waals surface area (Å²) in [4.78, 5) is 25.5. The van der Waals surface area contributed by atoms with Gasteiger partial charge in [0.15, 0.2) is 0 Å². The van der Waals surface area contributed by atoms with Crippen LogP contribution in [0.2, 0.25) is 0 Å². The van der Waals surface area contributed by atoms with Gasteiger partial charge in [-0.05, 0) is 48.4 Å². The fraction of sp³-hybridized carbons (Fsp3) is 0.212. The fourth-order valence-electron chi connectivity index (χ4n) is 6.10. The summed E-state index contributed by atoms with van der Waals surface area (Å²) < 4.78 is 4.03. The van der Waals surface area contributed by atoms with E-state index in [1.165, 1.54) is 5.56 Å². The Kier molecular flexibility index (Phi) is 6.01. The summed E-state index contributed by atoms with van der Waals surface area (Å²) in [6, 6.07) is 30.9. The maximum atomic E-state index is 13.8. The van der Waals surface area contributed by atoms with Crippen molar-refractivity contribution in [3.63, 3.8) is 0 Å². The number of hydrogen-bond acceptors (Lipinski definition) is 5. The molecular formula is C33H28N6O. The van der Waals surface area contributed by atoms with Crippen LogP contribution in [0.4, 0.5) is 5.95 Å². The third-order valence-electron chi connectivity index (χ3n) is 8.10. The van der Waals surface area contributed by atoms with Crippen molar-refractivity contribution in [1.82, 2.24) is 18.9 Å². The monoisotopic (exact) mass is 524 g/mol. The third kappa shape index (κ3) is 4.09. The number of para-hydroxylation sites is 2. The van der Waals surface area contributed by atoms with Crippen LogP contribution in [0.25, 0.3) is 27.7 Å². The molecular weight excluding hydrogens is 496 g/mol. The summed E-state index contributed by atoms with van der Waals surface area (Å²) in [5.74, 6) is 1.17. The SMILES string of the molecule is N#Cc1c(=O)c2nc(N3CCC(Cc4ccccc4)CC3)ncc2n2c3ccccc3n(Cc3ccccc3)c12. The van der Waals surface area contributed by atoms with E-state index in [0.29, 0.717) is 29.6 Å². The van der Waals surface area contributed by atoms with E-state index >= 15 is 0 Å². The van der Waals surface area contributed by atoms with Crippen LogP contribution in [0, 0.1) is 17.2 Å². The number of pyridine rings is 1. The Balaban J connectivity index is 1.30. The lowest BCUT2D eigenvalue weighted by Crippen LogP contribution is -2.35. The first-order valence-corrected chi connectivity index (χ1v) is 13.8. The van der Waals surface area contributed by atoms with Crippen molar-refractivity contribution >= 4 is 33.7 Å². The molecule has 7 nitrogen and oxygen atoms in total. The van der Waals surface area contributed by atoms with E-state index < -0.39 is 0 Å². The van der Waals surface area contributed by atoms with Gasteiger partial charge in [-0.25, -0.2) is 9.97 Å². The Morgan fingerprint density at radius 2 is 1.48 bits per heavy atom. The van der Waals surface area contributed by atoms with Gasteiger partial charge in [0, 0.05) is 19.6 Å². The van der Waals surface area contributed by atoms with Crippen LogP contribution in [0.5, 0.6) is 0 Å². The summed E-state index contributed by atoms with van der Waals surface area (Å²) in [7, 11) is 0. The van der Waals surface area contributed by atoms with Crippen LogP contribution < -0.4 is 10.3 Å². The number of anilines is 1. The van der Waals surface area contributed by atoms with E-state index in [9.17, 15) is 10.1 Å². The highest BCUT2D eigenvalue weighted by atomic mass is 16.1. The molecule has 1 aliphatic heterocycles. The second-order valence-electron chi connectivity index (χ2n) is 10.6. The van der Waals surface area contributed by atoms with Crippen molar-refractivity contribution < 1.29 is 0 Å². The maximum Gasteiger partial charge on any atom is 0.227 e. The summed E-state index contributed by atoms with van der Waals surface area (Å²) in [5.41, 5.74) is 5.54. The zero-order chi connectivity index (χ0) is 27.1. The lowest BCUT2D eigenvalue weighted by atomic mass is 9.90. The van der Waals surface area contributed by atoms with E-state index in [1.807, 2.05) is 46.9 Å². The zero-order valence-corrected chi connectivity index (χ0v) is 22.1. The van der Waals surface area contributed by atoms with Gasteiger partial charge in [0.1, 0.15) is 22.8 Å². The molecule has 0 atom stereocenters. The molecule has 4 heterocycles. The summed E-state index contributed by atoms with van der Waals surface area (Å²) >= 11 is 0. The molecule has 7 rings (SSSR count). The molecule has 0 radical (unpaired) electrons. The smallest absolute Gasteiger partial charge is 0.227 e. The first kappa shape index (κ1) is 24.1. The van der Waals surface area contributed by atoms with Gasteiger partial charge in [-0.3, -0.25) is 9.20 Å². The molecule has 0 aliphatic carbocycles. The van der Waals surface area contributed by atoms with Crippen LogP contribution in [-0.2, 0) is 13.0 Å². The van der Waals surface area contributed by atoms with E-state index in [4.69, 9.17) is 9.97 Å². The Morgan fingerprint density at radius 3 is 2.17 bits per heavy atom. The van der Waals surface area contributed by atoms with E-state index in [2.05, 4.69) is 58.0 Å². The van der Waals surface area contributed by atoms with Crippen LogP contribution in [0.3, 0.4) is 0 Å². The minimum atomic E-state index is -0.350. The molecule has 6 aromatic rings. The molecule has 7 heteroatoms. The van der Waals surface area contributed by atoms with Crippen molar-refractivity contribution in [2.75, 3.05) is 18.0 Å². The molecule has 0 bridgehead atoms. The second-order valence-corrected chi connectivity index (χ2v) is 10.6. The van der Waals surface area contributed by atoms with Gasteiger partial charge < -0.3 is 9.47 Å². The Morgan fingerprint density at radius 1 is 0.825 bits per heavy atom. The number of benzene rings is 3. The highest BCUT2D eigenvalue weighted by molar-refractivity contribution is 5.92. The number of fused-ring (bicyclic) bond motifs is 5. The van der Waals surface area contributed by atoms with Gasteiger partial charge in [-0.1, -0.05) is 72.8 Å². The quantitative estimate of drug-likeness (QED) is 0.294. The molecule has 40 heavy (non-hydrogen) atoms. The van der Waals surface area contributed by atoms with Crippen LogP contribution in [-0.4, -0.2) is 32.0 Å². The number of aromatic nitrogens is 4. The molecule has 1 saturated heterocycles. The average molecular weight is 525 g/mol. The normalized spacial score (nSPS) is 14.2. The predicted octanol–water partition coefficient (Wildman–Crippen LogP) is 5.58. The molecule has 0 N–H and O–H groups in total. The molecule has 0 amide bonds. The molecule has 0 unspecified atom stereocenters. The minimum absolute atomic E-state index is 0.103. The van der Waals surface area contributed by atoms with Crippen molar-refractivity contribution in [3.05, 3.63) is 118 Å². The van der Waals surface area contributed by atoms with Gasteiger partial charge >= 0.3 is 0 Å². The summed E-state index contributed by atoms with van der Waals surface area (Å²) in [6.07, 6.45) is 4.92. The van der Waals surface area contributed by atoms with Crippen molar-refractivity contribution in [2.24, 2.45) is 5.92 Å². The molecule has 196 valence electrons. The topological polar surface area (TPSA) is 79.2 Å². The molecule has 0 saturated carbocycles. The van der Waals surface area contributed by atoms with E-state index in [1.54, 1.807) is 6.20 Å². The van der Waals surface area contributed by atoms with Crippen molar-refractivity contribution in [1.29, 1.82) is 5.26 Å². The number of rotatable bonds is 5. The summed E-state index contributed by atoms with van der Waals surface area (Å²) in [5, 5.41) is 10.2. The van der Waals surface area contributed by atoms with Gasteiger partial charge in [0.05, 0.1) is 22.7 Å². The fourth-order valence-corrected chi connectivity index (χ4v) is 6.10. The molecule has 3 aromatic heterocycles. The lowest BCUT2D eigenvalue weighted by Gasteiger charge is -2.32. The standard InChI is InChI=1S/C33H28N6O/c34-20-26-31(40)30-29(21-35-33(36-30)37-17-15-24(16-18-37)19-23-9-3-1-4-10-23)39-28-14-8-7-13-27(28)38(32(26)39)22-25-11-5-2-6-12-25/h1-14,21,24H,15-19,22H2. The Labute approximate surface area is 231 Å². The average Bonchev–Trinajstić information content (AvgIpc) is 3.32.